The Morgan fingerprint density at radius 2 is 1.79 bits per heavy atom. The van der Waals surface area contributed by atoms with Crippen LogP contribution in [0.25, 0.3) is 0 Å². The molecule has 0 heterocycles. The average molecular weight is 264 g/mol. The van der Waals surface area contributed by atoms with Gasteiger partial charge in [-0.15, -0.1) is 0 Å². The minimum atomic E-state index is -1.18. The first kappa shape index (κ1) is 14.7. The van der Waals surface area contributed by atoms with Crippen molar-refractivity contribution in [2.24, 2.45) is 0 Å². The van der Waals surface area contributed by atoms with Crippen LogP contribution < -0.4 is 5.32 Å². The van der Waals surface area contributed by atoms with Crippen molar-refractivity contribution in [1.82, 2.24) is 10.2 Å². The number of carbonyl (C=O) groups excluding carboxylic acids is 2. The predicted molar refractivity (Wildman–Crippen MR) is 69.0 cm³/mol. The second-order valence-corrected chi connectivity index (χ2v) is 3.94. The van der Waals surface area contributed by atoms with E-state index >= 15 is 0 Å². The summed E-state index contributed by atoms with van der Waals surface area (Å²) in [5.41, 5.74) is -0.0433. The second-order valence-electron chi connectivity index (χ2n) is 3.94. The summed E-state index contributed by atoms with van der Waals surface area (Å²) in [6.07, 6.45) is 0. The van der Waals surface area contributed by atoms with Crippen molar-refractivity contribution in [2.75, 3.05) is 20.1 Å². The molecule has 2 N–H and O–H groups in total. The van der Waals surface area contributed by atoms with Crippen molar-refractivity contribution < 1.29 is 19.5 Å². The van der Waals surface area contributed by atoms with Gasteiger partial charge in [0, 0.05) is 13.6 Å². The lowest BCUT2D eigenvalue weighted by Gasteiger charge is -2.15. The van der Waals surface area contributed by atoms with Crippen LogP contribution in [0.4, 0.5) is 0 Å². The number of likely N-dealkylation sites (N-methyl/N-ethyl adjacent to an activating group) is 1. The Kier molecular flexibility index (Phi) is 5.05. The van der Waals surface area contributed by atoms with Gasteiger partial charge in [-0.3, -0.25) is 9.59 Å². The number of rotatable bonds is 5. The van der Waals surface area contributed by atoms with E-state index in [1.165, 1.54) is 23.1 Å². The largest absolute Gasteiger partial charge is 0.478 e. The number of hydrogen-bond acceptors (Lipinski definition) is 3. The number of nitrogens with zero attached hydrogens (tertiary/aromatic N) is 1. The van der Waals surface area contributed by atoms with Crippen molar-refractivity contribution in [3.05, 3.63) is 35.4 Å². The molecule has 6 heteroatoms. The third kappa shape index (κ3) is 3.80. The summed E-state index contributed by atoms with van der Waals surface area (Å²) in [7, 11) is 1.62. The Hall–Kier alpha value is -2.37. The molecule has 1 aromatic carbocycles. The number of hydrogen-bond donors (Lipinski definition) is 2. The summed E-state index contributed by atoms with van der Waals surface area (Å²) in [6, 6.07) is 5.86. The monoisotopic (exact) mass is 264 g/mol. The predicted octanol–water partition coefficient (Wildman–Crippen LogP) is 0.593. The highest BCUT2D eigenvalue weighted by Gasteiger charge is 2.16. The van der Waals surface area contributed by atoms with Gasteiger partial charge in [0.25, 0.3) is 5.91 Å². The molecule has 102 valence electrons. The molecule has 0 aromatic heterocycles. The van der Waals surface area contributed by atoms with Gasteiger partial charge in [0.05, 0.1) is 17.7 Å². The summed E-state index contributed by atoms with van der Waals surface area (Å²) in [5.74, 6) is -1.98. The molecule has 0 fully saturated rings. The third-order valence-corrected chi connectivity index (χ3v) is 2.70. The van der Waals surface area contributed by atoms with Gasteiger partial charge in [-0.2, -0.15) is 0 Å². The number of benzene rings is 1. The van der Waals surface area contributed by atoms with Crippen LogP contribution in [0, 0.1) is 0 Å². The third-order valence-electron chi connectivity index (χ3n) is 2.70. The second kappa shape index (κ2) is 6.53. The fourth-order valence-electron chi connectivity index (χ4n) is 1.43. The van der Waals surface area contributed by atoms with Gasteiger partial charge in [-0.25, -0.2) is 4.79 Å². The Bertz CT molecular complexity index is 499. The molecule has 0 atom stereocenters. The average Bonchev–Trinajstić information content (AvgIpc) is 2.43. The Morgan fingerprint density at radius 3 is 2.32 bits per heavy atom. The number of nitrogens with one attached hydrogen (secondary N) is 1. The van der Waals surface area contributed by atoms with Gasteiger partial charge in [-0.05, 0) is 19.1 Å². The first-order chi connectivity index (χ1) is 8.97. The molecule has 0 saturated heterocycles. The highest BCUT2D eigenvalue weighted by molar-refractivity contribution is 6.05. The lowest BCUT2D eigenvalue weighted by molar-refractivity contribution is -0.128. The van der Waals surface area contributed by atoms with Crippen molar-refractivity contribution >= 4 is 17.8 Å². The van der Waals surface area contributed by atoms with Crippen LogP contribution >= 0.6 is 0 Å². The summed E-state index contributed by atoms with van der Waals surface area (Å²) < 4.78 is 0. The van der Waals surface area contributed by atoms with E-state index in [1.807, 2.05) is 6.92 Å². The minimum absolute atomic E-state index is 0.0435. The van der Waals surface area contributed by atoms with Crippen LogP contribution in [-0.2, 0) is 4.79 Å². The molecule has 0 aliphatic heterocycles. The van der Waals surface area contributed by atoms with Crippen molar-refractivity contribution in [3.8, 4) is 0 Å². The Labute approximate surface area is 111 Å². The molecule has 0 bridgehead atoms. The first-order valence-corrected chi connectivity index (χ1v) is 5.81. The van der Waals surface area contributed by atoms with Crippen LogP contribution in [0.5, 0.6) is 0 Å². The van der Waals surface area contributed by atoms with E-state index in [0.717, 1.165) is 0 Å². The fraction of sp³-hybridized carbons (Fsp3) is 0.308. The standard InChI is InChI=1S/C13H16N2O4/c1-3-15(2)11(16)8-14-12(17)9-6-4-5-7-10(9)13(18)19/h4-7H,3,8H2,1-2H3,(H,14,17)(H,18,19). The SMILES string of the molecule is CCN(C)C(=O)CNC(=O)c1ccccc1C(=O)O. The van der Waals surface area contributed by atoms with Gasteiger partial charge in [0.1, 0.15) is 0 Å². The highest BCUT2D eigenvalue weighted by atomic mass is 16.4. The van der Waals surface area contributed by atoms with E-state index in [0.29, 0.717) is 6.54 Å². The molecule has 2 amide bonds. The number of carbonyl (C=O) groups is 3. The molecule has 0 saturated carbocycles. The first-order valence-electron chi connectivity index (χ1n) is 5.81. The van der Waals surface area contributed by atoms with Crippen LogP contribution in [0.1, 0.15) is 27.6 Å². The normalized spacial score (nSPS) is 9.79. The summed E-state index contributed by atoms with van der Waals surface area (Å²) in [4.78, 5) is 35.8. The van der Waals surface area contributed by atoms with E-state index in [-0.39, 0.29) is 23.6 Å². The summed E-state index contributed by atoms with van der Waals surface area (Å²) >= 11 is 0. The lowest BCUT2D eigenvalue weighted by Crippen LogP contribution is -2.38. The smallest absolute Gasteiger partial charge is 0.336 e. The zero-order chi connectivity index (χ0) is 14.4. The van der Waals surface area contributed by atoms with Crippen molar-refractivity contribution in [3.63, 3.8) is 0 Å². The summed E-state index contributed by atoms with van der Waals surface area (Å²) in [6.45, 7) is 2.21. The maximum atomic E-state index is 11.8. The minimum Gasteiger partial charge on any atom is -0.478 e. The summed E-state index contributed by atoms with van der Waals surface area (Å²) in [5, 5.41) is 11.4. The molecule has 6 nitrogen and oxygen atoms in total. The maximum absolute atomic E-state index is 11.8. The van der Waals surface area contributed by atoms with Crippen molar-refractivity contribution in [1.29, 1.82) is 0 Å². The van der Waals surface area contributed by atoms with E-state index in [9.17, 15) is 14.4 Å². The maximum Gasteiger partial charge on any atom is 0.336 e. The zero-order valence-electron chi connectivity index (χ0n) is 10.8. The van der Waals surface area contributed by atoms with Gasteiger partial charge < -0.3 is 15.3 Å². The van der Waals surface area contributed by atoms with Crippen LogP contribution in [0.3, 0.4) is 0 Å². The molecule has 1 rings (SSSR count). The number of amides is 2. The van der Waals surface area contributed by atoms with E-state index in [1.54, 1.807) is 13.1 Å². The Morgan fingerprint density at radius 1 is 1.21 bits per heavy atom. The van der Waals surface area contributed by atoms with Gasteiger partial charge in [0.2, 0.25) is 5.91 Å². The molecule has 0 unspecified atom stereocenters. The van der Waals surface area contributed by atoms with E-state index in [4.69, 9.17) is 5.11 Å². The number of aromatic carboxylic acids is 1. The van der Waals surface area contributed by atoms with Gasteiger partial charge in [0.15, 0.2) is 0 Å². The van der Waals surface area contributed by atoms with Crippen LogP contribution in [-0.4, -0.2) is 47.9 Å². The molecule has 0 spiro atoms. The van der Waals surface area contributed by atoms with Gasteiger partial charge >= 0.3 is 5.97 Å². The highest BCUT2D eigenvalue weighted by Crippen LogP contribution is 2.08. The van der Waals surface area contributed by atoms with E-state index in [2.05, 4.69) is 5.32 Å². The topological polar surface area (TPSA) is 86.7 Å². The van der Waals surface area contributed by atoms with Crippen LogP contribution in [0.2, 0.25) is 0 Å². The molecular weight excluding hydrogens is 248 g/mol. The fourth-order valence-corrected chi connectivity index (χ4v) is 1.43. The molecule has 0 radical (unpaired) electrons. The van der Waals surface area contributed by atoms with Gasteiger partial charge in [-0.1, -0.05) is 12.1 Å². The molecule has 0 aliphatic rings. The molecular formula is C13H16N2O4. The lowest BCUT2D eigenvalue weighted by atomic mass is 10.1. The molecule has 0 aliphatic carbocycles. The van der Waals surface area contributed by atoms with E-state index < -0.39 is 11.9 Å². The van der Waals surface area contributed by atoms with Crippen LogP contribution in [0.15, 0.2) is 24.3 Å². The number of carboxylic acids is 1. The quantitative estimate of drug-likeness (QED) is 0.815. The molecule has 19 heavy (non-hydrogen) atoms. The van der Waals surface area contributed by atoms with Crippen molar-refractivity contribution in [2.45, 2.75) is 6.92 Å². The number of carboxylic acid groups (broad SMARTS) is 1. The zero-order valence-corrected chi connectivity index (χ0v) is 10.8. The molecule has 1 aromatic rings. The Balaban J connectivity index is 2.74.